The number of nitrogens with zero attached hydrogens (tertiary/aromatic N) is 9. The maximum Gasteiger partial charge on any atom is 0.164 e. The van der Waals surface area contributed by atoms with Crippen molar-refractivity contribution in [3.05, 3.63) is 290 Å². The summed E-state index contributed by atoms with van der Waals surface area (Å²) in [7, 11) is 0. The minimum Gasteiger partial charge on any atom is -0.309 e. The van der Waals surface area contributed by atoms with Crippen molar-refractivity contribution >= 4 is 65.4 Å². The Kier molecular flexibility index (Phi) is 11.8. The van der Waals surface area contributed by atoms with Crippen LogP contribution in [-0.2, 0) is 0 Å². The van der Waals surface area contributed by atoms with Gasteiger partial charge in [-0.1, -0.05) is 194 Å². The highest BCUT2D eigenvalue weighted by molar-refractivity contribution is 6.14. The van der Waals surface area contributed by atoms with Crippen LogP contribution in [0.25, 0.3) is 150 Å². The lowest BCUT2D eigenvalue weighted by Crippen LogP contribution is -2.07. The van der Waals surface area contributed by atoms with Crippen LogP contribution in [0.1, 0.15) is 16.7 Å². The molecule has 12 aromatic carbocycles. The Morgan fingerprint density at radius 1 is 0.264 bits per heavy atom. The number of fused-ring (bicyclic) bond motifs is 9. The molecule has 0 unspecified atom stereocenters. The zero-order valence-corrected chi connectivity index (χ0v) is 46.5. The molecular formula is C78H45N9. The van der Waals surface area contributed by atoms with Crippen LogP contribution in [0.3, 0.4) is 0 Å². The number of hydrogen-bond donors (Lipinski definition) is 0. The number of nitriles is 3. The Bertz CT molecular complexity index is 5250. The van der Waals surface area contributed by atoms with Crippen LogP contribution in [0.4, 0.5) is 0 Å². The first kappa shape index (κ1) is 50.3. The molecule has 0 fully saturated rings. The molecule has 0 saturated heterocycles. The summed E-state index contributed by atoms with van der Waals surface area (Å²) in [4.78, 5) is 16.1. The molecule has 0 saturated carbocycles. The van der Waals surface area contributed by atoms with Crippen LogP contribution in [0.5, 0.6) is 0 Å². The minimum absolute atomic E-state index is 0.250. The van der Waals surface area contributed by atoms with Gasteiger partial charge in [-0.25, -0.2) is 15.0 Å². The average molecular weight is 1110 g/mol. The molecule has 0 N–H and O–H groups in total. The Morgan fingerprint density at radius 3 is 1.05 bits per heavy atom. The van der Waals surface area contributed by atoms with Gasteiger partial charge in [0.15, 0.2) is 17.5 Å². The highest BCUT2D eigenvalue weighted by Gasteiger charge is 2.28. The van der Waals surface area contributed by atoms with Crippen molar-refractivity contribution < 1.29 is 0 Å². The predicted octanol–water partition coefficient (Wildman–Crippen LogP) is 18.8. The van der Waals surface area contributed by atoms with Crippen molar-refractivity contribution in [1.82, 2.24) is 28.7 Å². The highest BCUT2D eigenvalue weighted by Crippen LogP contribution is 2.49. The van der Waals surface area contributed by atoms with Gasteiger partial charge in [0.1, 0.15) is 0 Å². The van der Waals surface area contributed by atoms with Gasteiger partial charge < -0.3 is 13.7 Å². The highest BCUT2D eigenvalue weighted by atomic mass is 15.0. The third-order valence-electron chi connectivity index (χ3n) is 16.8. The van der Waals surface area contributed by atoms with Crippen LogP contribution in [0.2, 0.25) is 0 Å². The summed E-state index contributed by atoms with van der Waals surface area (Å²) in [6, 6.07) is 101. The van der Waals surface area contributed by atoms with Gasteiger partial charge in [-0.15, -0.1) is 0 Å². The van der Waals surface area contributed by atoms with E-state index in [2.05, 4.69) is 226 Å². The van der Waals surface area contributed by atoms with E-state index in [0.29, 0.717) is 28.6 Å². The fourth-order valence-electron chi connectivity index (χ4n) is 13.1. The predicted molar refractivity (Wildman–Crippen MR) is 350 cm³/mol. The first-order chi connectivity index (χ1) is 43.0. The van der Waals surface area contributed by atoms with Gasteiger partial charge in [0, 0.05) is 76.8 Å². The second-order valence-electron chi connectivity index (χ2n) is 21.6. The molecule has 0 spiro atoms. The lowest BCUT2D eigenvalue weighted by Gasteiger charge is -2.24. The summed E-state index contributed by atoms with van der Waals surface area (Å²) < 4.78 is 7.17. The summed E-state index contributed by atoms with van der Waals surface area (Å²) in [6.07, 6.45) is 0. The second kappa shape index (κ2) is 20.4. The third-order valence-corrected chi connectivity index (χ3v) is 16.8. The second-order valence-corrected chi connectivity index (χ2v) is 21.6. The number of para-hydroxylation sites is 7. The van der Waals surface area contributed by atoms with Gasteiger partial charge in [0.2, 0.25) is 0 Å². The zero-order chi connectivity index (χ0) is 58.1. The molecule has 4 aromatic heterocycles. The molecular weight excluding hydrogens is 1060 g/mol. The first-order valence-electron chi connectivity index (χ1n) is 28.7. The van der Waals surface area contributed by atoms with Gasteiger partial charge in [0.25, 0.3) is 0 Å². The monoisotopic (exact) mass is 1110 g/mol. The van der Waals surface area contributed by atoms with E-state index in [1.54, 1.807) is 12.1 Å². The number of benzene rings is 12. The first-order valence-corrected chi connectivity index (χ1v) is 28.7. The van der Waals surface area contributed by atoms with Crippen LogP contribution in [0.15, 0.2) is 273 Å². The van der Waals surface area contributed by atoms with Crippen molar-refractivity contribution in [2.75, 3.05) is 0 Å². The van der Waals surface area contributed by atoms with E-state index >= 15 is 0 Å². The lowest BCUT2D eigenvalue weighted by molar-refractivity contribution is 1.07. The normalized spacial score (nSPS) is 11.4. The van der Waals surface area contributed by atoms with E-state index in [4.69, 9.17) is 15.0 Å². The zero-order valence-electron chi connectivity index (χ0n) is 46.5. The molecule has 87 heavy (non-hydrogen) atoms. The molecule has 9 heteroatoms. The minimum atomic E-state index is 0.250. The molecule has 0 radical (unpaired) electrons. The number of hydrogen-bond acceptors (Lipinski definition) is 6. The molecule has 402 valence electrons. The smallest absolute Gasteiger partial charge is 0.164 e. The van der Waals surface area contributed by atoms with Gasteiger partial charge >= 0.3 is 0 Å². The van der Waals surface area contributed by atoms with Gasteiger partial charge in [-0.3, -0.25) is 0 Å². The van der Waals surface area contributed by atoms with Crippen LogP contribution in [0, 0.1) is 34.0 Å². The van der Waals surface area contributed by atoms with E-state index in [-0.39, 0.29) is 16.7 Å². The molecule has 0 aliphatic carbocycles. The summed E-state index contributed by atoms with van der Waals surface area (Å²) in [5.41, 5.74) is 17.0. The van der Waals surface area contributed by atoms with Crippen molar-refractivity contribution in [1.29, 1.82) is 15.8 Å². The topological polar surface area (TPSA) is 125 Å². The Hall–Kier alpha value is -12.5. The van der Waals surface area contributed by atoms with Crippen LogP contribution >= 0.6 is 0 Å². The number of aromatic nitrogens is 6. The summed E-state index contributed by atoms with van der Waals surface area (Å²) in [5, 5.41) is 37.6. The van der Waals surface area contributed by atoms with Gasteiger partial charge in [-0.2, -0.15) is 15.8 Å². The molecule has 0 aliphatic heterocycles. The van der Waals surface area contributed by atoms with Crippen molar-refractivity contribution in [2.24, 2.45) is 0 Å². The maximum absolute atomic E-state index is 10.6. The summed E-state index contributed by atoms with van der Waals surface area (Å²) >= 11 is 0. The van der Waals surface area contributed by atoms with E-state index in [9.17, 15) is 15.8 Å². The Morgan fingerprint density at radius 2 is 0.621 bits per heavy atom. The molecule has 16 aromatic rings. The molecule has 16 rings (SSSR count). The standard InChI is InChI=1S/C78H45N9/c79-46-49-41-54(47-80)74(55(42-49)48-81)52-39-40-73-63(43-52)60-29-11-20-38-72(60)87(73)75-64(61-30-12-18-36-70(61)85-66-32-14-7-25-56(66)57-26-8-15-33-67(57)85)44-53(78-83-76(50-21-3-1-4-22-50)82-77(84-78)51-23-5-2-6-24-51)45-65(75)62-31-13-19-37-71(62)86-68-34-16-9-27-58(68)59-28-10-17-35-69(59)86/h1-45H. The van der Waals surface area contributed by atoms with Crippen molar-refractivity contribution in [2.45, 2.75) is 0 Å². The number of rotatable bonds is 9. The molecule has 0 atom stereocenters. The van der Waals surface area contributed by atoms with Gasteiger partial charge in [0.05, 0.1) is 85.1 Å². The van der Waals surface area contributed by atoms with E-state index in [1.165, 1.54) is 0 Å². The SMILES string of the molecule is N#Cc1cc(C#N)c(-c2ccc3c(c2)c2ccccc2n3-c2c(-c3ccccc3-n3c4ccccc4c4ccccc43)cc(-c3nc(-c4ccccc4)nc(-c4ccccc4)n3)cc2-c2ccccc2-n2c3ccccc3c3ccccc32)c(C#N)c1. The maximum atomic E-state index is 10.6. The van der Waals surface area contributed by atoms with E-state index < -0.39 is 0 Å². The average Bonchev–Trinajstić information content (AvgIpc) is 1.80. The quantitative estimate of drug-likeness (QED) is 0.142. The molecule has 0 bridgehead atoms. The molecule has 4 heterocycles. The Balaban J connectivity index is 1.09. The van der Waals surface area contributed by atoms with Crippen LogP contribution < -0.4 is 0 Å². The molecule has 0 amide bonds. The lowest BCUT2D eigenvalue weighted by atomic mass is 9.90. The summed E-state index contributed by atoms with van der Waals surface area (Å²) in [6.45, 7) is 0. The van der Waals surface area contributed by atoms with Crippen molar-refractivity contribution in [3.63, 3.8) is 0 Å². The fourth-order valence-corrected chi connectivity index (χ4v) is 13.1. The van der Waals surface area contributed by atoms with Crippen LogP contribution in [-0.4, -0.2) is 28.7 Å². The molecule has 9 nitrogen and oxygen atoms in total. The fraction of sp³-hybridized carbons (Fsp3) is 0. The third kappa shape index (κ3) is 8.10. The van der Waals surface area contributed by atoms with E-state index in [1.807, 2.05) is 66.7 Å². The molecule has 0 aliphatic rings. The van der Waals surface area contributed by atoms with E-state index in [0.717, 1.165) is 121 Å². The van der Waals surface area contributed by atoms with Gasteiger partial charge in [-0.05, 0) is 84.4 Å². The largest absolute Gasteiger partial charge is 0.309 e. The van der Waals surface area contributed by atoms with Crippen molar-refractivity contribution in [3.8, 4) is 103 Å². The summed E-state index contributed by atoms with van der Waals surface area (Å²) in [5.74, 6) is 1.58. The Labute approximate surface area is 499 Å².